The minimum atomic E-state index is -0.287. The lowest BCUT2D eigenvalue weighted by molar-refractivity contribution is 0.103. The Balaban J connectivity index is 2.72. The van der Waals surface area contributed by atoms with E-state index in [1.807, 2.05) is 19.1 Å². The summed E-state index contributed by atoms with van der Waals surface area (Å²) in [6.07, 6.45) is -0.287. The predicted molar refractivity (Wildman–Crippen MR) is 71.4 cm³/mol. The second-order valence-corrected chi connectivity index (χ2v) is 5.32. The molecule has 0 heterocycles. The molecule has 0 bridgehead atoms. The molecule has 0 saturated carbocycles. The van der Waals surface area contributed by atoms with Crippen LogP contribution >= 0.6 is 15.9 Å². The molecule has 0 spiro atoms. The van der Waals surface area contributed by atoms with E-state index in [1.165, 1.54) is 5.56 Å². The Morgan fingerprint density at radius 3 is 2.38 bits per heavy atom. The average Bonchev–Trinajstić information content (AvgIpc) is 2.19. The van der Waals surface area contributed by atoms with Crippen LogP contribution in [0.3, 0.4) is 0 Å². The minimum absolute atomic E-state index is 0.287. The summed E-state index contributed by atoms with van der Waals surface area (Å²) in [6, 6.07) is 8.66. The zero-order valence-electron chi connectivity index (χ0n) is 10.2. The van der Waals surface area contributed by atoms with Crippen molar-refractivity contribution in [3.63, 3.8) is 0 Å². The topological polar surface area (TPSA) is 23.5 Å². The Hall–Kier alpha value is -0.380. The Morgan fingerprint density at radius 2 is 1.88 bits per heavy atom. The van der Waals surface area contributed by atoms with Crippen LogP contribution in [0.1, 0.15) is 26.3 Å². The molecular weight excluding hydrogens is 266 g/mol. The van der Waals surface area contributed by atoms with Gasteiger partial charge in [-0.05, 0) is 32.4 Å². The van der Waals surface area contributed by atoms with Gasteiger partial charge in [0.15, 0.2) is 0 Å². The van der Waals surface area contributed by atoms with Crippen molar-refractivity contribution in [1.82, 2.24) is 4.90 Å². The van der Waals surface area contributed by atoms with Crippen LogP contribution < -0.4 is 0 Å². The molecule has 1 unspecified atom stereocenters. The van der Waals surface area contributed by atoms with Gasteiger partial charge in [-0.3, -0.25) is 4.90 Å². The van der Waals surface area contributed by atoms with E-state index >= 15 is 0 Å². The Bertz CT molecular complexity index is 325. The quantitative estimate of drug-likeness (QED) is 0.899. The number of benzene rings is 1. The van der Waals surface area contributed by atoms with E-state index in [0.29, 0.717) is 12.6 Å². The van der Waals surface area contributed by atoms with Crippen LogP contribution in [0.2, 0.25) is 0 Å². The van der Waals surface area contributed by atoms with E-state index in [4.69, 9.17) is 0 Å². The van der Waals surface area contributed by atoms with Crippen molar-refractivity contribution >= 4 is 15.9 Å². The maximum atomic E-state index is 9.47. The molecule has 0 saturated heterocycles. The third kappa shape index (κ3) is 4.24. The molecule has 0 amide bonds. The predicted octanol–water partition coefficient (Wildman–Crippen LogP) is 3.04. The van der Waals surface area contributed by atoms with E-state index in [0.717, 1.165) is 11.0 Å². The highest BCUT2D eigenvalue weighted by molar-refractivity contribution is 9.10. The van der Waals surface area contributed by atoms with E-state index < -0.39 is 0 Å². The van der Waals surface area contributed by atoms with Crippen LogP contribution in [-0.4, -0.2) is 28.7 Å². The van der Waals surface area contributed by atoms with Gasteiger partial charge in [0.25, 0.3) is 0 Å². The summed E-state index contributed by atoms with van der Waals surface area (Å²) in [5, 5.41) is 9.47. The number of aliphatic hydroxyl groups is 1. The van der Waals surface area contributed by atoms with Gasteiger partial charge in [-0.1, -0.05) is 34.1 Å². The summed E-state index contributed by atoms with van der Waals surface area (Å²) in [6.45, 7) is 7.71. The number of hydrogen-bond donors (Lipinski definition) is 1. The van der Waals surface area contributed by atoms with Gasteiger partial charge >= 0.3 is 0 Å². The molecule has 0 aromatic heterocycles. The van der Waals surface area contributed by atoms with Gasteiger partial charge in [-0.25, -0.2) is 0 Å². The van der Waals surface area contributed by atoms with Gasteiger partial charge in [0.2, 0.25) is 0 Å². The standard InChI is InChI=1S/C13H20BrNO/c1-10(2)15(8-11(3)16)9-12-6-4-5-7-13(12)14/h4-7,10-11,16H,8-9H2,1-3H3. The molecule has 3 heteroatoms. The molecule has 1 aromatic carbocycles. The molecule has 0 aliphatic heterocycles. The summed E-state index contributed by atoms with van der Waals surface area (Å²) >= 11 is 3.55. The highest BCUT2D eigenvalue weighted by atomic mass is 79.9. The second-order valence-electron chi connectivity index (χ2n) is 4.46. The summed E-state index contributed by atoms with van der Waals surface area (Å²) < 4.78 is 1.13. The molecule has 16 heavy (non-hydrogen) atoms. The fourth-order valence-corrected chi connectivity index (χ4v) is 2.05. The molecule has 1 rings (SSSR count). The van der Waals surface area contributed by atoms with Gasteiger partial charge in [-0.15, -0.1) is 0 Å². The second kappa shape index (κ2) is 6.38. The SMILES string of the molecule is CC(O)CN(Cc1ccccc1Br)C(C)C. The fraction of sp³-hybridized carbons (Fsp3) is 0.538. The third-order valence-electron chi connectivity index (χ3n) is 2.56. The largest absolute Gasteiger partial charge is 0.392 e. The zero-order valence-corrected chi connectivity index (χ0v) is 11.7. The molecule has 0 fully saturated rings. The summed E-state index contributed by atoms with van der Waals surface area (Å²) in [5.74, 6) is 0. The van der Waals surface area contributed by atoms with Gasteiger partial charge in [0.1, 0.15) is 0 Å². The number of nitrogens with zero attached hydrogens (tertiary/aromatic N) is 1. The molecule has 1 aromatic rings. The zero-order chi connectivity index (χ0) is 12.1. The van der Waals surface area contributed by atoms with E-state index in [1.54, 1.807) is 0 Å². The van der Waals surface area contributed by atoms with Crippen LogP contribution in [0.5, 0.6) is 0 Å². The lowest BCUT2D eigenvalue weighted by Crippen LogP contribution is -2.36. The van der Waals surface area contributed by atoms with Crippen molar-refractivity contribution in [2.75, 3.05) is 6.54 Å². The smallest absolute Gasteiger partial charge is 0.0639 e. The fourth-order valence-electron chi connectivity index (χ4n) is 1.64. The summed E-state index contributed by atoms with van der Waals surface area (Å²) in [4.78, 5) is 2.27. The van der Waals surface area contributed by atoms with Gasteiger partial charge in [-0.2, -0.15) is 0 Å². The lowest BCUT2D eigenvalue weighted by atomic mass is 10.2. The molecule has 2 nitrogen and oxygen atoms in total. The Labute approximate surface area is 106 Å². The molecule has 1 N–H and O–H groups in total. The van der Waals surface area contributed by atoms with E-state index in [9.17, 15) is 5.11 Å². The monoisotopic (exact) mass is 285 g/mol. The highest BCUT2D eigenvalue weighted by Gasteiger charge is 2.13. The molecule has 0 radical (unpaired) electrons. The lowest BCUT2D eigenvalue weighted by Gasteiger charge is -2.28. The molecule has 0 aliphatic carbocycles. The summed E-state index contributed by atoms with van der Waals surface area (Å²) in [5.41, 5.74) is 1.26. The highest BCUT2D eigenvalue weighted by Crippen LogP contribution is 2.18. The van der Waals surface area contributed by atoms with Crippen molar-refractivity contribution in [3.8, 4) is 0 Å². The van der Waals surface area contributed by atoms with Crippen LogP contribution in [-0.2, 0) is 6.54 Å². The first-order valence-corrected chi connectivity index (χ1v) is 6.45. The Morgan fingerprint density at radius 1 is 1.25 bits per heavy atom. The molecule has 0 aliphatic rings. The van der Waals surface area contributed by atoms with Crippen molar-refractivity contribution in [2.24, 2.45) is 0 Å². The average molecular weight is 286 g/mol. The first-order chi connectivity index (χ1) is 7.50. The first kappa shape index (κ1) is 13.7. The number of rotatable bonds is 5. The van der Waals surface area contributed by atoms with Crippen molar-refractivity contribution < 1.29 is 5.11 Å². The van der Waals surface area contributed by atoms with Crippen molar-refractivity contribution in [2.45, 2.75) is 39.5 Å². The van der Waals surface area contributed by atoms with Crippen molar-refractivity contribution in [3.05, 3.63) is 34.3 Å². The third-order valence-corrected chi connectivity index (χ3v) is 3.33. The summed E-state index contributed by atoms with van der Waals surface area (Å²) in [7, 11) is 0. The molecular formula is C13H20BrNO. The maximum absolute atomic E-state index is 9.47. The first-order valence-electron chi connectivity index (χ1n) is 5.66. The van der Waals surface area contributed by atoms with Crippen LogP contribution in [0.25, 0.3) is 0 Å². The van der Waals surface area contributed by atoms with Gasteiger partial charge < -0.3 is 5.11 Å². The van der Waals surface area contributed by atoms with Crippen molar-refractivity contribution in [1.29, 1.82) is 0 Å². The number of halogens is 1. The molecule has 90 valence electrons. The van der Waals surface area contributed by atoms with Crippen LogP contribution in [0, 0.1) is 0 Å². The van der Waals surface area contributed by atoms with E-state index in [2.05, 4.69) is 46.8 Å². The maximum Gasteiger partial charge on any atom is 0.0639 e. The van der Waals surface area contributed by atoms with E-state index in [-0.39, 0.29) is 6.10 Å². The Kier molecular flexibility index (Phi) is 5.46. The van der Waals surface area contributed by atoms with Gasteiger partial charge in [0.05, 0.1) is 6.10 Å². The van der Waals surface area contributed by atoms with Gasteiger partial charge in [0, 0.05) is 23.6 Å². The number of aliphatic hydroxyl groups excluding tert-OH is 1. The van der Waals surface area contributed by atoms with Crippen LogP contribution in [0.15, 0.2) is 28.7 Å². The minimum Gasteiger partial charge on any atom is -0.392 e. The number of hydrogen-bond acceptors (Lipinski definition) is 2. The molecule has 1 atom stereocenters. The van der Waals surface area contributed by atoms with Crippen LogP contribution in [0.4, 0.5) is 0 Å². The normalized spacial score (nSPS) is 13.4.